The molecule has 2 nitrogen and oxygen atoms in total. The highest BCUT2D eigenvalue weighted by Gasteiger charge is 2.32. The predicted octanol–water partition coefficient (Wildman–Crippen LogP) is 7.92. The summed E-state index contributed by atoms with van der Waals surface area (Å²) in [6, 6.07) is 10.6. The molecule has 0 spiro atoms. The minimum atomic E-state index is -1.01. The zero-order valence-corrected chi connectivity index (χ0v) is 19.5. The Bertz CT molecular complexity index is 973. The number of halogens is 4. The van der Waals surface area contributed by atoms with E-state index in [1.54, 1.807) is 13.0 Å². The highest BCUT2D eigenvalue weighted by atomic mass is 19.2. The van der Waals surface area contributed by atoms with Gasteiger partial charge in [0.2, 0.25) is 5.82 Å². The van der Waals surface area contributed by atoms with Gasteiger partial charge in [0, 0.05) is 11.5 Å². The van der Waals surface area contributed by atoms with Crippen molar-refractivity contribution in [3.8, 4) is 16.9 Å². The molecular formula is C28H32F4O2. The van der Waals surface area contributed by atoms with Gasteiger partial charge in [-0.05, 0) is 86.6 Å². The van der Waals surface area contributed by atoms with Gasteiger partial charge in [0.05, 0.1) is 19.3 Å². The van der Waals surface area contributed by atoms with E-state index in [2.05, 4.69) is 0 Å². The molecule has 2 atom stereocenters. The van der Waals surface area contributed by atoms with E-state index in [4.69, 9.17) is 9.47 Å². The molecule has 0 amide bonds. The summed E-state index contributed by atoms with van der Waals surface area (Å²) in [5.74, 6) is -1.72. The lowest BCUT2D eigenvalue weighted by Crippen LogP contribution is -2.33. The van der Waals surface area contributed by atoms with Crippen molar-refractivity contribution >= 4 is 0 Å². The molecule has 0 bridgehead atoms. The molecule has 184 valence electrons. The minimum Gasteiger partial charge on any atom is -0.491 e. The van der Waals surface area contributed by atoms with Crippen LogP contribution in [-0.4, -0.2) is 26.0 Å². The third kappa shape index (κ3) is 5.65. The number of ether oxygens (including phenoxy) is 2. The summed E-state index contributed by atoms with van der Waals surface area (Å²) in [6.45, 7) is 1.61. The van der Waals surface area contributed by atoms with Gasteiger partial charge in [-0.1, -0.05) is 24.3 Å². The summed E-state index contributed by atoms with van der Waals surface area (Å²) in [4.78, 5) is 0. The van der Waals surface area contributed by atoms with E-state index in [1.165, 1.54) is 12.1 Å². The number of allylic oxidation sites excluding steroid dienone is 2. The van der Waals surface area contributed by atoms with E-state index >= 15 is 0 Å². The van der Waals surface area contributed by atoms with Gasteiger partial charge in [-0.3, -0.25) is 0 Å². The molecule has 1 saturated carbocycles. The fourth-order valence-corrected chi connectivity index (χ4v) is 5.35. The number of benzene rings is 2. The average molecular weight is 477 g/mol. The third-order valence-electron chi connectivity index (χ3n) is 7.24. The Kier molecular flexibility index (Phi) is 8.30. The first kappa shape index (κ1) is 24.8. The molecular weight excluding hydrogens is 444 g/mol. The molecule has 2 unspecified atom stereocenters. The normalized spacial score (nSPS) is 25.9. The summed E-state index contributed by atoms with van der Waals surface area (Å²) in [7, 11) is 0. The van der Waals surface area contributed by atoms with E-state index in [0.29, 0.717) is 18.1 Å². The zero-order valence-electron chi connectivity index (χ0n) is 19.5. The molecule has 0 radical (unpaired) electrons. The van der Waals surface area contributed by atoms with Crippen LogP contribution in [0.4, 0.5) is 17.6 Å². The van der Waals surface area contributed by atoms with Gasteiger partial charge in [-0.2, -0.15) is 4.39 Å². The fourth-order valence-electron chi connectivity index (χ4n) is 5.35. The Morgan fingerprint density at radius 1 is 0.971 bits per heavy atom. The maximum Gasteiger partial charge on any atom is 0.201 e. The molecule has 2 aromatic carbocycles. The largest absolute Gasteiger partial charge is 0.491 e. The van der Waals surface area contributed by atoms with Crippen LogP contribution in [0.1, 0.15) is 56.9 Å². The second-order valence-electron chi connectivity index (χ2n) is 9.36. The topological polar surface area (TPSA) is 18.5 Å². The molecule has 4 rings (SSSR count). The fraction of sp³-hybridized carbons (Fsp3) is 0.500. The molecule has 2 aromatic rings. The quantitative estimate of drug-likeness (QED) is 0.378. The number of rotatable bonds is 7. The minimum absolute atomic E-state index is 0.0776. The molecule has 1 saturated heterocycles. The molecule has 2 aliphatic rings. The Labute approximate surface area is 199 Å². The summed E-state index contributed by atoms with van der Waals surface area (Å²) < 4.78 is 65.7. The molecule has 1 heterocycles. The van der Waals surface area contributed by atoms with Crippen LogP contribution in [0.5, 0.6) is 5.75 Å². The third-order valence-corrected chi connectivity index (χ3v) is 7.24. The van der Waals surface area contributed by atoms with Crippen LogP contribution < -0.4 is 4.74 Å². The van der Waals surface area contributed by atoms with E-state index in [0.717, 1.165) is 44.1 Å². The summed E-state index contributed by atoms with van der Waals surface area (Å²) >= 11 is 0. The van der Waals surface area contributed by atoms with Crippen molar-refractivity contribution in [3.05, 3.63) is 65.5 Å². The van der Waals surface area contributed by atoms with Crippen LogP contribution in [0.2, 0.25) is 0 Å². The molecule has 1 aliphatic carbocycles. The number of alkyl halides is 1. The van der Waals surface area contributed by atoms with E-state index in [9.17, 15) is 17.6 Å². The van der Waals surface area contributed by atoms with E-state index in [-0.39, 0.29) is 35.9 Å². The molecule has 0 N–H and O–H groups in total. The van der Waals surface area contributed by atoms with Crippen LogP contribution in [0.15, 0.2) is 48.3 Å². The van der Waals surface area contributed by atoms with Crippen molar-refractivity contribution < 1.29 is 27.0 Å². The van der Waals surface area contributed by atoms with Gasteiger partial charge < -0.3 is 9.47 Å². The lowest BCUT2D eigenvalue weighted by Gasteiger charge is -2.37. The first-order valence-corrected chi connectivity index (χ1v) is 12.2. The molecule has 34 heavy (non-hydrogen) atoms. The predicted molar refractivity (Wildman–Crippen MR) is 125 cm³/mol. The first-order valence-electron chi connectivity index (χ1n) is 12.2. The van der Waals surface area contributed by atoms with Gasteiger partial charge in [0.25, 0.3) is 0 Å². The lowest BCUT2D eigenvalue weighted by atomic mass is 9.76. The molecule has 1 aliphatic heterocycles. The second-order valence-corrected chi connectivity index (χ2v) is 9.36. The van der Waals surface area contributed by atoms with Crippen LogP contribution in [0.3, 0.4) is 0 Å². The summed E-state index contributed by atoms with van der Waals surface area (Å²) in [5.41, 5.74) is 1.96. The van der Waals surface area contributed by atoms with Crippen LogP contribution >= 0.6 is 0 Å². The zero-order chi connectivity index (χ0) is 24.1. The maximum absolute atomic E-state index is 14.5. The maximum atomic E-state index is 14.5. The Morgan fingerprint density at radius 3 is 2.32 bits per heavy atom. The molecule has 0 aromatic heterocycles. The van der Waals surface area contributed by atoms with Crippen molar-refractivity contribution in [1.29, 1.82) is 0 Å². The van der Waals surface area contributed by atoms with Crippen molar-refractivity contribution in [3.63, 3.8) is 0 Å². The van der Waals surface area contributed by atoms with Gasteiger partial charge in [-0.25, -0.2) is 13.2 Å². The van der Waals surface area contributed by atoms with Crippen LogP contribution in [-0.2, 0) is 4.74 Å². The van der Waals surface area contributed by atoms with E-state index < -0.39 is 24.1 Å². The SMILES string of the molecule is CCOc1ccc(-c2ccc(C3CCC(C4CCC(C=C(F)CF)CC4)OC3)cc2)c(F)c1F. The van der Waals surface area contributed by atoms with Crippen LogP contribution in [0, 0.1) is 23.5 Å². The van der Waals surface area contributed by atoms with Crippen molar-refractivity contribution in [2.75, 3.05) is 19.9 Å². The van der Waals surface area contributed by atoms with Gasteiger partial charge in [-0.15, -0.1) is 0 Å². The Balaban J connectivity index is 1.32. The highest BCUT2D eigenvalue weighted by Crippen LogP contribution is 2.39. The number of hydrogen-bond acceptors (Lipinski definition) is 2. The average Bonchev–Trinajstić information content (AvgIpc) is 2.88. The van der Waals surface area contributed by atoms with Crippen LogP contribution in [0.25, 0.3) is 11.1 Å². The number of hydrogen-bond donors (Lipinski definition) is 0. The van der Waals surface area contributed by atoms with Gasteiger partial charge >= 0.3 is 0 Å². The second kappa shape index (κ2) is 11.4. The van der Waals surface area contributed by atoms with Crippen molar-refractivity contribution in [1.82, 2.24) is 0 Å². The molecule has 6 heteroatoms. The molecule has 2 fully saturated rings. The van der Waals surface area contributed by atoms with Crippen molar-refractivity contribution in [2.24, 2.45) is 11.8 Å². The highest BCUT2D eigenvalue weighted by molar-refractivity contribution is 5.65. The lowest BCUT2D eigenvalue weighted by molar-refractivity contribution is -0.0420. The van der Waals surface area contributed by atoms with Crippen molar-refractivity contribution in [2.45, 2.75) is 57.5 Å². The summed E-state index contributed by atoms with van der Waals surface area (Å²) in [5, 5.41) is 0. The monoisotopic (exact) mass is 476 g/mol. The Morgan fingerprint density at radius 2 is 1.71 bits per heavy atom. The van der Waals surface area contributed by atoms with E-state index in [1.807, 2.05) is 24.3 Å². The van der Waals surface area contributed by atoms with Gasteiger partial charge in [0.15, 0.2) is 11.6 Å². The smallest absolute Gasteiger partial charge is 0.201 e. The first-order chi connectivity index (χ1) is 16.5. The Hall–Kier alpha value is -2.34. The standard InChI is InChI=1S/C28H32F4O2/c1-2-33-26-14-12-24(27(31)28(26)32)20-9-7-19(8-10-20)22-11-13-25(34-17-22)21-5-3-18(4-6-21)15-23(30)16-29/h7-10,12,14-15,18,21-22,25H,2-6,11,13,16-17H2,1H3. The summed E-state index contributed by atoms with van der Waals surface area (Å²) in [6.07, 6.45) is 7.36. The van der Waals surface area contributed by atoms with Gasteiger partial charge in [0.1, 0.15) is 12.5 Å².